The molecule has 15 heavy (non-hydrogen) atoms. The van der Waals surface area contributed by atoms with Crippen LogP contribution in [0.4, 0.5) is 5.69 Å². The molecule has 0 unspecified atom stereocenters. The number of nitrogens with one attached hydrogen (secondary N) is 1. The summed E-state index contributed by atoms with van der Waals surface area (Å²) in [7, 11) is 0. The zero-order valence-corrected chi connectivity index (χ0v) is 9.08. The van der Waals surface area contributed by atoms with Gasteiger partial charge in [0.05, 0.1) is 23.5 Å². The highest BCUT2D eigenvalue weighted by Crippen LogP contribution is 2.23. The first-order chi connectivity index (χ1) is 7.25. The van der Waals surface area contributed by atoms with Gasteiger partial charge in [-0.25, -0.2) is 4.98 Å². The second-order valence-electron chi connectivity index (χ2n) is 3.30. The largest absolute Gasteiger partial charge is 0.447 e. The van der Waals surface area contributed by atoms with Crippen molar-refractivity contribution in [2.45, 2.75) is 13.5 Å². The summed E-state index contributed by atoms with van der Waals surface area (Å²) in [6.45, 7) is 2.59. The van der Waals surface area contributed by atoms with E-state index in [4.69, 9.17) is 16.0 Å². The van der Waals surface area contributed by atoms with Crippen molar-refractivity contribution in [1.82, 2.24) is 4.98 Å². The van der Waals surface area contributed by atoms with Crippen LogP contribution in [0.25, 0.3) is 0 Å². The standard InChI is InChI=1S/C11H11ClN2O/c1-8-2-3-11(10(12)4-8)14-6-9-5-13-7-15-9/h2-5,7,14H,6H2,1H3. The van der Waals surface area contributed by atoms with Gasteiger partial charge in [0.1, 0.15) is 5.76 Å². The van der Waals surface area contributed by atoms with Crippen LogP contribution in [0, 0.1) is 6.92 Å². The van der Waals surface area contributed by atoms with Crippen molar-refractivity contribution < 1.29 is 4.42 Å². The number of anilines is 1. The van der Waals surface area contributed by atoms with E-state index >= 15 is 0 Å². The molecule has 3 nitrogen and oxygen atoms in total. The predicted octanol–water partition coefficient (Wildman–Crippen LogP) is 3.25. The number of oxazole rings is 1. The summed E-state index contributed by atoms with van der Waals surface area (Å²) in [5.74, 6) is 0.784. The minimum absolute atomic E-state index is 0.586. The Bertz CT molecular complexity index is 440. The highest BCUT2D eigenvalue weighted by molar-refractivity contribution is 6.33. The highest BCUT2D eigenvalue weighted by atomic mass is 35.5. The van der Waals surface area contributed by atoms with E-state index in [9.17, 15) is 0 Å². The molecule has 0 aliphatic rings. The topological polar surface area (TPSA) is 38.1 Å². The van der Waals surface area contributed by atoms with Crippen molar-refractivity contribution in [2.24, 2.45) is 0 Å². The molecule has 0 fully saturated rings. The number of benzene rings is 1. The van der Waals surface area contributed by atoms with E-state index < -0.39 is 0 Å². The fourth-order valence-electron chi connectivity index (χ4n) is 1.28. The molecular formula is C11H11ClN2O. The third-order valence-corrected chi connectivity index (χ3v) is 2.37. The zero-order chi connectivity index (χ0) is 10.7. The van der Waals surface area contributed by atoms with Crippen molar-refractivity contribution >= 4 is 17.3 Å². The number of aromatic nitrogens is 1. The summed E-state index contributed by atoms with van der Waals surface area (Å²) in [6.07, 6.45) is 3.09. The Morgan fingerprint density at radius 3 is 3.00 bits per heavy atom. The van der Waals surface area contributed by atoms with Crippen molar-refractivity contribution in [2.75, 3.05) is 5.32 Å². The van der Waals surface area contributed by atoms with Crippen LogP contribution in [0.5, 0.6) is 0 Å². The number of hydrogen-bond donors (Lipinski definition) is 1. The molecule has 0 saturated heterocycles. The number of rotatable bonds is 3. The van der Waals surface area contributed by atoms with E-state index in [1.54, 1.807) is 6.20 Å². The van der Waals surface area contributed by atoms with Gasteiger partial charge in [0, 0.05) is 0 Å². The van der Waals surface area contributed by atoms with Crippen LogP contribution in [0.2, 0.25) is 5.02 Å². The Labute approximate surface area is 93.1 Å². The van der Waals surface area contributed by atoms with Crippen LogP contribution in [0.15, 0.2) is 35.2 Å². The quantitative estimate of drug-likeness (QED) is 0.867. The van der Waals surface area contributed by atoms with Gasteiger partial charge >= 0.3 is 0 Å². The van der Waals surface area contributed by atoms with Gasteiger partial charge in [0.2, 0.25) is 0 Å². The molecule has 0 aliphatic heterocycles. The Hall–Kier alpha value is -1.48. The summed E-state index contributed by atoms with van der Waals surface area (Å²) >= 11 is 6.06. The maximum Gasteiger partial charge on any atom is 0.180 e. The minimum atomic E-state index is 0.586. The SMILES string of the molecule is Cc1ccc(NCc2cnco2)c(Cl)c1. The number of aryl methyl sites for hydroxylation is 1. The molecule has 1 aromatic heterocycles. The molecular weight excluding hydrogens is 212 g/mol. The van der Waals surface area contributed by atoms with Gasteiger partial charge in [-0.05, 0) is 24.6 Å². The molecule has 78 valence electrons. The molecule has 0 saturated carbocycles. The molecule has 2 aromatic rings. The summed E-state index contributed by atoms with van der Waals surface area (Å²) < 4.78 is 5.10. The van der Waals surface area contributed by atoms with Crippen molar-refractivity contribution in [3.05, 3.63) is 47.1 Å². The smallest absolute Gasteiger partial charge is 0.180 e. The van der Waals surface area contributed by atoms with Gasteiger partial charge in [0.25, 0.3) is 0 Å². The molecule has 0 aliphatic carbocycles. The molecule has 1 aromatic carbocycles. The lowest BCUT2D eigenvalue weighted by Gasteiger charge is -2.06. The summed E-state index contributed by atoms with van der Waals surface area (Å²) in [6, 6.07) is 5.88. The Morgan fingerprint density at radius 1 is 1.47 bits per heavy atom. The first kappa shape index (κ1) is 10.1. The summed E-state index contributed by atoms with van der Waals surface area (Å²) in [5, 5.41) is 3.89. The third kappa shape index (κ3) is 2.50. The second-order valence-corrected chi connectivity index (χ2v) is 3.71. The number of nitrogens with zero attached hydrogens (tertiary/aromatic N) is 1. The van der Waals surface area contributed by atoms with E-state index in [0.29, 0.717) is 6.54 Å². The summed E-state index contributed by atoms with van der Waals surface area (Å²) in [5.41, 5.74) is 2.05. The first-order valence-electron chi connectivity index (χ1n) is 4.63. The number of hydrogen-bond acceptors (Lipinski definition) is 3. The van der Waals surface area contributed by atoms with Crippen LogP contribution >= 0.6 is 11.6 Å². The molecule has 1 N–H and O–H groups in total. The Morgan fingerprint density at radius 2 is 2.33 bits per heavy atom. The van der Waals surface area contributed by atoms with Gasteiger partial charge < -0.3 is 9.73 Å². The predicted molar refractivity (Wildman–Crippen MR) is 60.0 cm³/mol. The molecule has 4 heteroatoms. The highest BCUT2D eigenvalue weighted by Gasteiger charge is 2.01. The Kier molecular flexibility index (Phi) is 2.92. The minimum Gasteiger partial charge on any atom is -0.447 e. The molecule has 0 amide bonds. The van der Waals surface area contributed by atoms with E-state index in [1.165, 1.54) is 6.39 Å². The van der Waals surface area contributed by atoms with E-state index in [2.05, 4.69) is 10.3 Å². The van der Waals surface area contributed by atoms with E-state index in [0.717, 1.165) is 22.0 Å². The average Bonchev–Trinajstić information content (AvgIpc) is 2.69. The van der Waals surface area contributed by atoms with Gasteiger partial charge in [-0.1, -0.05) is 17.7 Å². The van der Waals surface area contributed by atoms with E-state index in [1.807, 2.05) is 25.1 Å². The van der Waals surface area contributed by atoms with Crippen molar-refractivity contribution in [1.29, 1.82) is 0 Å². The maximum absolute atomic E-state index is 6.06. The molecule has 2 rings (SSSR count). The van der Waals surface area contributed by atoms with Gasteiger partial charge in [-0.3, -0.25) is 0 Å². The summed E-state index contributed by atoms with van der Waals surface area (Å²) in [4.78, 5) is 3.83. The number of halogens is 1. The lowest BCUT2D eigenvalue weighted by Crippen LogP contribution is -1.98. The fraction of sp³-hybridized carbons (Fsp3) is 0.182. The monoisotopic (exact) mass is 222 g/mol. The lowest BCUT2D eigenvalue weighted by molar-refractivity contribution is 0.512. The van der Waals surface area contributed by atoms with Crippen LogP contribution in [-0.4, -0.2) is 4.98 Å². The second kappa shape index (κ2) is 4.36. The van der Waals surface area contributed by atoms with Crippen molar-refractivity contribution in [3.63, 3.8) is 0 Å². The Balaban J connectivity index is 2.05. The molecule has 1 heterocycles. The first-order valence-corrected chi connectivity index (χ1v) is 5.01. The van der Waals surface area contributed by atoms with Crippen molar-refractivity contribution in [3.8, 4) is 0 Å². The molecule has 0 radical (unpaired) electrons. The molecule has 0 spiro atoms. The van der Waals surface area contributed by atoms with Gasteiger partial charge in [0.15, 0.2) is 6.39 Å². The third-order valence-electron chi connectivity index (χ3n) is 2.06. The van der Waals surface area contributed by atoms with Gasteiger partial charge in [-0.15, -0.1) is 0 Å². The zero-order valence-electron chi connectivity index (χ0n) is 8.33. The fourth-order valence-corrected chi connectivity index (χ4v) is 1.58. The normalized spacial score (nSPS) is 10.3. The van der Waals surface area contributed by atoms with Crippen LogP contribution in [-0.2, 0) is 6.54 Å². The van der Waals surface area contributed by atoms with Crippen LogP contribution in [0.3, 0.4) is 0 Å². The maximum atomic E-state index is 6.06. The van der Waals surface area contributed by atoms with Crippen LogP contribution in [0.1, 0.15) is 11.3 Å². The van der Waals surface area contributed by atoms with Crippen LogP contribution < -0.4 is 5.32 Å². The molecule has 0 bridgehead atoms. The molecule has 0 atom stereocenters. The van der Waals surface area contributed by atoms with E-state index in [-0.39, 0.29) is 0 Å². The lowest BCUT2D eigenvalue weighted by atomic mass is 10.2. The van der Waals surface area contributed by atoms with Gasteiger partial charge in [-0.2, -0.15) is 0 Å². The average molecular weight is 223 g/mol.